The molecule has 0 aliphatic carbocycles. The first-order chi connectivity index (χ1) is 11.6. The Morgan fingerprint density at radius 2 is 2.00 bits per heavy atom. The molecule has 1 aromatic carbocycles. The van der Waals surface area contributed by atoms with Crippen LogP contribution in [0.3, 0.4) is 0 Å². The lowest BCUT2D eigenvalue weighted by atomic mass is 10.1. The van der Waals surface area contributed by atoms with E-state index in [0.29, 0.717) is 29.6 Å². The molecule has 1 saturated heterocycles. The summed E-state index contributed by atoms with van der Waals surface area (Å²) < 4.78 is 33.6. The van der Waals surface area contributed by atoms with Crippen molar-refractivity contribution in [2.24, 2.45) is 0 Å². The topological polar surface area (TPSA) is 34.5 Å². The molecule has 0 saturated carbocycles. The number of methoxy groups -OCH3 is 1. The van der Waals surface area contributed by atoms with Crippen LogP contribution in [0.1, 0.15) is 41.6 Å². The van der Waals surface area contributed by atoms with Crippen LogP contribution in [-0.4, -0.2) is 42.2 Å². The van der Waals surface area contributed by atoms with Gasteiger partial charge in [0.2, 0.25) is 0 Å². The Hall–Kier alpha value is -1.95. The van der Waals surface area contributed by atoms with Crippen LogP contribution in [0.5, 0.6) is 0 Å². The van der Waals surface area contributed by atoms with E-state index in [0.717, 1.165) is 32.4 Å². The van der Waals surface area contributed by atoms with Crippen molar-refractivity contribution >= 4 is 16.8 Å². The Labute approximate surface area is 140 Å². The lowest BCUT2D eigenvalue weighted by Gasteiger charge is -2.26. The van der Waals surface area contributed by atoms with Crippen LogP contribution < -0.4 is 0 Å². The predicted octanol–water partition coefficient (Wildman–Crippen LogP) is 3.85. The average molecular weight is 336 g/mol. The predicted molar refractivity (Wildman–Crippen MR) is 88.5 cm³/mol. The third-order valence-electron chi connectivity index (χ3n) is 4.57. The van der Waals surface area contributed by atoms with E-state index < -0.39 is 6.43 Å². The Bertz CT molecular complexity index is 721. The lowest BCUT2D eigenvalue weighted by molar-refractivity contribution is 0.0726. The van der Waals surface area contributed by atoms with Gasteiger partial charge in [-0.25, -0.2) is 8.78 Å². The summed E-state index contributed by atoms with van der Waals surface area (Å²) in [5.74, 6) is -0.0673. The van der Waals surface area contributed by atoms with E-state index in [4.69, 9.17) is 4.74 Å². The van der Waals surface area contributed by atoms with Gasteiger partial charge in [0.25, 0.3) is 12.3 Å². The van der Waals surface area contributed by atoms with E-state index in [2.05, 4.69) is 0 Å². The summed E-state index contributed by atoms with van der Waals surface area (Å²) in [6.45, 7) is 2.30. The van der Waals surface area contributed by atoms with Crippen LogP contribution in [0.2, 0.25) is 0 Å². The van der Waals surface area contributed by atoms with Gasteiger partial charge in [0.05, 0.1) is 17.7 Å². The minimum Gasteiger partial charge on any atom is -0.383 e. The fraction of sp³-hybridized carbons (Fsp3) is 0.500. The zero-order valence-corrected chi connectivity index (χ0v) is 13.8. The first kappa shape index (κ1) is 16.9. The van der Waals surface area contributed by atoms with E-state index in [1.807, 2.05) is 4.90 Å². The molecule has 1 aromatic heterocycles. The molecule has 2 heterocycles. The standard InChI is InChI=1S/C18H22F2N2O2/c1-24-11-10-22-12-15(18(23)21-8-3-2-4-9-21)13-6-5-7-14(16(13)22)17(19)20/h5-7,12,17H,2-4,8-11H2,1H3. The molecule has 24 heavy (non-hydrogen) atoms. The molecular weight excluding hydrogens is 314 g/mol. The minimum atomic E-state index is -2.58. The molecule has 0 N–H and O–H groups in total. The second-order valence-corrected chi connectivity index (χ2v) is 6.13. The first-order valence-corrected chi connectivity index (χ1v) is 8.31. The maximum atomic E-state index is 13.4. The molecule has 6 heteroatoms. The van der Waals surface area contributed by atoms with E-state index >= 15 is 0 Å². The molecule has 1 aliphatic heterocycles. The number of hydrogen-bond donors (Lipinski definition) is 0. The van der Waals surface area contributed by atoms with Crippen LogP contribution in [0.15, 0.2) is 24.4 Å². The Kier molecular flexibility index (Phi) is 5.14. The maximum absolute atomic E-state index is 13.4. The zero-order valence-electron chi connectivity index (χ0n) is 13.8. The number of hydrogen-bond acceptors (Lipinski definition) is 2. The smallest absolute Gasteiger partial charge is 0.265 e. The molecule has 1 aliphatic rings. The van der Waals surface area contributed by atoms with Crippen molar-refractivity contribution in [1.29, 1.82) is 0 Å². The highest BCUT2D eigenvalue weighted by Crippen LogP contribution is 2.32. The highest BCUT2D eigenvalue weighted by molar-refractivity contribution is 6.07. The first-order valence-electron chi connectivity index (χ1n) is 8.31. The molecule has 0 spiro atoms. The number of piperidine rings is 1. The zero-order chi connectivity index (χ0) is 17.1. The van der Waals surface area contributed by atoms with Crippen molar-refractivity contribution in [3.63, 3.8) is 0 Å². The molecule has 1 fully saturated rings. The number of rotatable bonds is 5. The van der Waals surface area contributed by atoms with Crippen molar-refractivity contribution in [1.82, 2.24) is 9.47 Å². The van der Waals surface area contributed by atoms with Gasteiger partial charge in [-0.1, -0.05) is 18.2 Å². The molecule has 0 unspecified atom stereocenters. The third kappa shape index (κ3) is 3.15. The number of nitrogens with zero attached hydrogens (tertiary/aromatic N) is 2. The van der Waals surface area contributed by atoms with E-state index in [1.165, 1.54) is 6.07 Å². The molecule has 3 rings (SSSR count). The van der Waals surface area contributed by atoms with Crippen LogP contribution in [0, 0.1) is 0 Å². The quantitative estimate of drug-likeness (QED) is 0.831. The monoisotopic (exact) mass is 336 g/mol. The molecule has 130 valence electrons. The third-order valence-corrected chi connectivity index (χ3v) is 4.57. The van der Waals surface area contributed by atoms with Crippen molar-refractivity contribution in [3.8, 4) is 0 Å². The molecule has 4 nitrogen and oxygen atoms in total. The van der Waals surface area contributed by atoms with Gasteiger partial charge in [0.15, 0.2) is 0 Å². The number of likely N-dealkylation sites (tertiary alicyclic amines) is 1. The number of aromatic nitrogens is 1. The van der Waals surface area contributed by atoms with Crippen molar-refractivity contribution in [2.45, 2.75) is 32.2 Å². The summed E-state index contributed by atoms with van der Waals surface area (Å²) in [5, 5.41) is 0.597. The van der Waals surface area contributed by atoms with Gasteiger partial charge in [0.1, 0.15) is 0 Å². The normalized spacial score (nSPS) is 15.4. The summed E-state index contributed by atoms with van der Waals surface area (Å²) in [4.78, 5) is 14.7. The van der Waals surface area contributed by atoms with Gasteiger partial charge in [-0.3, -0.25) is 4.79 Å². The summed E-state index contributed by atoms with van der Waals surface area (Å²) in [7, 11) is 1.57. The molecule has 2 aromatic rings. The van der Waals surface area contributed by atoms with Crippen LogP contribution in [-0.2, 0) is 11.3 Å². The Balaban J connectivity index is 2.07. The number of ether oxygens (including phenoxy) is 1. The summed E-state index contributed by atoms with van der Waals surface area (Å²) in [6, 6.07) is 4.77. The molecular formula is C18H22F2N2O2. The van der Waals surface area contributed by atoms with E-state index in [-0.39, 0.29) is 11.5 Å². The highest BCUT2D eigenvalue weighted by Gasteiger charge is 2.24. The van der Waals surface area contributed by atoms with E-state index in [1.54, 1.807) is 30.0 Å². The van der Waals surface area contributed by atoms with Crippen molar-refractivity contribution in [2.75, 3.05) is 26.8 Å². The van der Waals surface area contributed by atoms with Gasteiger partial charge in [-0.05, 0) is 19.3 Å². The largest absolute Gasteiger partial charge is 0.383 e. The number of para-hydroxylation sites is 1. The number of halogens is 2. The lowest BCUT2D eigenvalue weighted by Crippen LogP contribution is -2.35. The summed E-state index contributed by atoms with van der Waals surface area (Å²) in [5.41, 5.74) is 0.900. The average Bonchev–Trinajstić information content (AvgIpc) is 2.98. The number of fused-ring (bicyclic) bond motifs is 1. The maximum Gasteiger partial charge on any atom is 0.265 e. The van der Waals surface area contributed by atoms with Crippen LogP contribution in [0.25, 0.3) is 10.9 Å². The highest BCUT2D eigenvalue weighted by atomic mass is 19.3. The van der Waals surface area contributed by atoms with Gasteiger partial charge in [-0.15, -0.1) is 0 Å². The van der Waals surface area contributed by atoms with Gasteiger partial charge in [-0.2, -0.15) is 0 Å². The van der Waals surface area contributed by atoms with Crippen LogP contribution >= 0.6 is 0 Å². The molecule has 0 bridgehead atoms. The molecule has 0 atom stereocenters. The number of alkyl halides is 2. The van der Waals surface area contributed by atoms with Crippen LogP contribution in [0.4, 0.5) is 8.78 Å². The molecule has 1 amide bonds. The second kappa shape index (κ2) is 7.30. The fourth-order valence-electron chi connectivity index (χ4n) is 3.37. The number of benzene rings is 1. The van der Waals surface area contributed by atoms with E-state index in [9.17, 15) is 13.6 Å². The SMILES string of the molecule is COCCn1cc(C(=O)N2CCCCC2)c2cccc(C(F)F)c21. The minimum absolute atomic E-state index is 0.0405. The van der Waals surface area contributed by atoms with Gasteiger partial charge < -0.3 is 14.2 Å². The Morgan fingerprint density at radius 1 is 1.25 bits per heavy atom. The second-order valence-electron chi connectivity index (χ2n) is 6.13. The van der Waals surface area contributed by atoms with Gasteiger partial charge >= 0.3 is 0 Å². The number of carbonyl (C=O) groups excluding carboxylic acids is 1. The molecule has 0 radical (unpaired) electrons. The Morgan fingerprint density at radius 3 is 2.67 bits per heavy atom. The van der Waals surface area contributed by atoms with Crippen molar-refractivity contribution < 1.29 is 18.3 Å². The van der Waals surface area contributed by atoms with Gasteiger partial charge in [0, 0.05) is 43.9 Å². The number of carbonyl (C=O) groups is 1. The summed E-state index contributed by atoms with van der Waals surface area (Å²) in [6.07, 6.45) is 2.25. The summed E-state index contributed by atoms with van der Waals surface area (Å²) >= 11 is 0. The van der Waals surface area contributed by atoms with Crippen molar-refractivity contribution in [3.05, 3.63) is 35.5 Å². The fourth-order valence-corrected chi connectivity index (χ4v) is 3.37. The number of amides is 1.